The quantitative estimate of drug-likeness (QED) is 0.482. The van der Waals surface area contributed by atoms with Gasteiger partial charge in [-0.1, -0.05) is 5.92 Å². The first-order valence-corrected chi connectivity index (χ1v) is 6.27. The summed E-state index contributed by atoms with van der Waals surface area (Å²) in [5, 5.41) is 2.96. The Labute approximate surface area is 109 Å². The molecule has 5 nitrogen and oxygen atoms in total. The number of pyridine rings is 1. The maximum Gasteiger partial charge on any atom is 0.341 e. The minimum absolute atomic E-state index is 0.110. The lowest BCUT2D eigenvalue weighted by molar-refractivity contribution is -0.123. The van der Waals surface area contributed by atoms with Gasteiger partial charge < -0.3 is 10.1 Å². The molecule has 0 aliphatic heterocycles. The molecule has 1 aromatic heterocycles. The number of carbonyl (C=O) groups is 2. The molecule has 0 spiro atoms. The van der Waals surface area contributed by atoms with Crippen molar-refractivity contribution in [3.63, 3.8) is 0 Å². The van der Waals surface area contributed by atoms with E-state index < -0.39 is 11.9 Å². The van der Waals surface area contributed by atoms with E-state index >= 15 is 0 Å². The number of ether oxygens (including phenoxy) is 1. The monoisotopic (exact) mass is 264 g/mol. The van der Waals surface area contributed by atoms with E-state index in [9.17, 15) is 9.59 Å². The van der Waals surface area contributed by atoms with Crippen LogP contribution >= 0.6 is 11.8 Å². The van der Waals surface area contributed by atoms with Crippen LogP contribution in [0.25, 0.3) is 0 Å². The van der Waals surface area contributed by atoms with Crippen LogP contribution in [0.3, 0.4) is 0 Å². The Morgan fingerprint density at radius 2 is 2.39 bits per heavy atom. The van der Waals surface area contributed by atoms with Crippen LogP contribution in [0.4, 0.5) is 0 Å². The van der Waals surface area contributed by atoms with Crippen molar-refractivity contribution in [2.45, 2.75) is 5.03 Å². The second-order valence-corrected chi connectivity index (χ2v) is 3.91. The molecule has 1 amide bonds. The van der Waals surface area contributed by atoms with Crippen molar-refractivity contribution in [2.24, 2.45) is 0 Å². The minimum atomic E-state index is -0.580. The van der Waals surface area contributed by atoms with Gasteiger partial charge in [0.25, 0.3) is 5.91 Å². The van der Waals surface area contributed by atoms with Crippen LogP contribution in [-0.2, 0) is 9.53 Å². The predicted octanol–water partition coefficient (Wildman–Crippen LogP) is 0.710. The molecule has 0 aliphatic rings. The number of thioether (sulfide) groups is 1. The molecule has 0 bridgehead atoms. The van der Waals surface area contributed by atoms with Crippen LogP contribution in [-0.4, -0.2) is 36.3 Å². The second-order valence-electron chi connectivity index (χ2n) is 3.12. The minimum Gasteiger partial charge on any atom is -0.452 e. The number of hydrogen-bond donors (Lipinski definition) is 1. The Morgan fingerprint density at radius 1 is 1.61 bits per heavy atom. The van der Waals surface area contributed by atoms with E-state index in [1.807, 2.05) is 0 Å². The van der Waals surface area contributed by atoms with Crippen molar-refractivity contribution in [1.29, 1.82) is 0 Å². The zero-order chi connectivity index (χ0) is 13.4. The molecule has 1 aromatic rings. The van der Waals surface area contributed by atoms with Gasteiger partial charge in [0.15, 0.2) is 6.61 Å². The number of carbonyl (C=O) groups excluding carboxylic acids is 2. The SMILES string of the molecule is C#CCNC(=O)COC(=O)c1cccnc1SC. The number of nitrogens with one attached hydrogen (secondary N) is 1. The molecule has 0 atom stereocenters. The van der Waals surface area contributed by atoms with Crippen LogP contribution in [0, 0.1) is 12.3 Å². The Morgan fingerprint density at radius 3 is 3.06 bits per heavy atom. The van der Waals surface area contributed by atoms with Crippen LogP contribution in [0.2, 0.25) is 0 Å². The lowest BCUT2D eigenvalue weighted by Gasteiger charge is -2.06. The van der Waals surface area contributed by atoms with Crippen molar-refractivity contribution >= 4 is 23.6 Å². The predicted molar refractivity (Wildman–Crippen MR) is 68.1 cm³/mol. The number of terminal acetylenes is 1. The summed E-state index contributed by atoms with van der Waals surface area (Å²) in [6.07, 6.45) is 8.37. The fourth-order valence-electron chi connectivity index (χ4n) is 1.12. The first-order valence-electron chi connectivity index (χ1n) is 5.05. The van der Waals surface area contributed by atoms with E-state index in [2.05, 4.69) is 16.2 Å². The number of hydrogen-bond acceptors (Lipinski definition) is 5. The summed E-state index contributed by atoms with van der Waals surface area (Å²) in [5.74, 6) is 1.24. The highest BCUT2D eigenvalue weighted by Gasteiger charge is 2.14. The molecule has 0 radical (unpaired) electrons. The summed E-state index contributed by atoms with van der Waals surface area (Å²) < 4.78 is 4.86. The molecular formula is C12H12N2O3S. The molecule has 1 N–H and O–H groups in total. The maximum atomic E-state index is 11.7. The number of amides is 1. The molecule has 94 valence electrons. The molecule has 0 aliphatic carbocycles. The van der Waals surface area contributed by atoms with Gasteiger partial charge in [0.05, 0.1) is 12.1 Å². The van der Waals surface area contributed by atoms with Gasteiger partial charge >= 0.3 is 5.97 Å². The topological polar surface area (TPSA) is 68.3 Å². The molecule has 0 saturated carbocycles. The van der Waals surface area contributed by atoms with Crippen LogP contribution in [0.5, 0.6) is 0 Å². The summed E-state index contributed by atoms with van der Waals surface area (Å²) in [6, 6.07) is 3.23. The van der Waals surface area contributed by atoms with E-state index in [1.54, 1.807) is 24.6 Å². The summed E-state index contributed by atoms with van der Waals surface area (Å²) in [6.45, 7) is -0.247. The van der Waals surface area contributed by atoms with Crippen molar-refractivity contribution in [3.05, 3.63) is 23.9 Å². The Bertz CT molecular complexity index is 482. The van der Waals surface area contributed by atoms with Gasteiger partial charge in [0.2, 0.25) is 0 Å². The molecule has 1 rings (SSSR count). The number of aromatic nitrogens is 1. The fraction of sp³-hybridized carbons (Fsp3) is 0.250. The van der Waals surface area contributed by atoms with Gasteiger partial charge in [-0.15, -0.1) is 18.2 Å². The van der Waals surface area contributed by atoms with Gasteiger partial charge in [-0.2, -0.15) is 0 Å². The van der Waals surface area contributed by atoms with Gasteiger partial charge in [0, 0.05) is 6.20 Å². The number of nitrogens with zero attached hydrogens (tertiary/aromatic N) is 1. The summed E-state index contributed by atoms with van der Waals surface area (Å²) in [4.78, 5) is 26.9. The van der Waals surface area contributed by atoms with Crippen LogP contribution in [0.1, 0.15) is 10.4 Å². The smallest absolute Gasteiger partial charge is 0.341 e. The average molecular weight is 264 g/mol. The Kier molecular flexibility index (Phi) is 5.74. The van der Waals surface area contributed by atoms with Crippen molar-refractivity contribution in [1.82, 2.24) is 10.3 Å². The first-order chi connectivity index (χ1) is 8.69. The van der Waals surface area contributed by atoms with Crippen molar-refractivity contribution in [3.8, 4) is 12.3 Å². The third-order valence-corrected chi connectivity index (χ3v) is 2.62. The van der Waals surface area contributed by atoms with Gasteiger partial charge in [0.1, 0.15) is 5.03 Å². The first kappa shape index (κ1) is 14.1. The van der Waals surface area contributed by atoms with E-state index in [4.69, 9.17) is 11.2 Å². The molecule has 0 aromatic carbocycles. The zero-order valence-electron chi connectivity index (χ0n) is 9.80. The van der Waals surface area contributed by atoms with E-state index in [-0.39, 0.29) is 13.2 Å². The largest absolute Gasteiger partial charge is 0.452 e. The van der Waals surface area contributed by atoms with Crippen molar-refractivity contribution < 1.29 is 14.3 Å². The molecule has 0 saturated heterocycles. The molecular weight excluding hydrogens is 252 g/mol. The van der Waals surface area contributed by atoms with Gasteiger partial charge in [-0.25, -0.2) is 9.78 Å². The van der Waals surface area contributed by atoms with E-state index in [0.717, 1.165) is 0 Å². The molecule has 18 heavy (non-hydrogen) atoms. The normalized spacial score (nSPS) is 9.33. The summed E-state index contributed by atoms with van der Waals surface area (Å²) >= 11 is 1.33. The van der Waals surface area contributed by atoms with Crippen LogP contribution < -0.4 is 5.32 Å². The Balaban J connectivity index is 2.56. The average Bonchev–Trinajstić information content (AvgIpc) is 2.42. The molecule has 0 unspecified atom stereocenters. The standard InChI is InChI=1S/C12H12N2O3S/c1-3-6-13-10(15)8-17-12(16)9-5-4-7-14-11(9)18-2/h1,4-5,7H,6,8H2,2H3,(H,13,15). The summed E-state index contributed by atoms with van der Waals surface area (Å²) in [5.41, 5.74) is 0.342. The van der Waals surface area contributed by atoms with Gasteiger partial charge in [-0.05, 0) is 18.4 Å². The van der Waals surface area contributed by atoms with Gasteiger partial charge in [-0.3, -0.25) is 4.79 Å². The number of esters is 1. The molecule has 0 fully saturated rings. The van der Waals surface area contributed by atoms with Crippen LogP contribution in [0.15, 0.2) is 23.4 Å². The second kappa shape index (κ2) is 7.35. The highest BCUT2D eigenvalue weighted by Crippen LogP contribution is 2.17. The highest BCUT2D eigenvalue weighted by molar-refractivity contribution is 7.98. The van der Waals surface area contributed by atoms with E-state index in [1.165, 1.54) is 11.8 Å². The number of rotatable bonds is 5. The van der Waals surface area contributed by atoms with Crippen molar-refractivity contribution in [2.75, 3.05) is 19.4 Å². The zero-order valence-corrected chi connectivity index (χ0v) is 10.6. The molecule has 6 heteroatoms. The molecule has 1 heterocycles. The maximum absolute atomic E-state index is 11.7. The lowest BCUT2D eigenvalue weighted by Crippen LogP contribution is -2.29. The lowest BCUT2D eigenvalue weighted by atomic mass is 10.3. The third-order valence-electron chi connectivity index (χ3n) is 1.91. The fourth-order valence-corrected chi connectivity index (χ4v) is 1.66. The van der Waals surface area contributed by atoms with E-state index in [0.29, 0.717) is 10.6 Å². The highest BCUT2D eigenvalue weighted by atomic mass is 32.2. The summed E-state index contributed by atoms with van der Waals surface area (Å²) in [7, 11) is 0. The third kappa shape index (κ3) is 4.11. The Hall–Kier alpha value is -2.00.